The predicted octanol–water partition coefficient (Wildman–Crippen LogP) is 5.87. The van der Waals surface area contributed by atoms with Crippen molar-refractivity contribution in [3.05, 3.63) is 45.6 Å². The van der Waals surface area contributed by atoms with Crippen LogP contribution in [0.4, 0.5) is 11.8 Å². The summed E-state index contributed by atoms with van der Waals surface area (Å²) in [7, 11) is 0. The number of rotatable bonds is 6. The highest BCUT2D eigenvalue weighted by Gasteiger charge is 2.50. The van der Waals surface area contributed by atoms with E-state index in [0.29, 0.717) is 33.8 Å². The summed E-state index contributed by atoms with van der Waals surface area (Å²) in [5.41, 5.74) is 1.72. The lowest BCUT2D eigenvalue weighted by Gasteiger charge is -2.52. The first kappa shape index (κ1) is 26.1. The van der Waals surface area contributed by atoms with Gasteiger partial charge in [0.05, 0.1) is 11.5 Å². The Bertz CT molecular complexity index is 1230. The average Bonchev–Trinajstić information content (AvgIpc) is 3.16. The van der Waals surface area contributed by atoms with Gasteiger partial charge in [-0.2, -0.15) is 4.98 Å². The Labute approximate surface area is 235 Å². The van der Waals surface area contributed by atoms with Gasteiger partial charge in [0.1, 0.15) is 5.82 Å². The van der Waals surface area contributed by atoms with Crippen LogP contribution in [-0.2, 0) is 4.79 Å². The molecule has 1 unspecified atom stereocenters. The lowest BCUT2D eigenvalue weighted by atomic mass is 9.65. The van der Waals surface area contributed by atoms with Gasteiger partial charge in [-0.15, -0.1) is 0 Å². The van der Waals surface area contributed by atoms with E-state index in [1.807, 2.05) is 31.3 Å². The molecule has 0 spiro atoms. The topological polar surface area (TPSA) is 72.8 Å². The minimum atomic E-state index is -0.648. The molecule has 2 aromatic rings. The summed E-state index contributed by atoms with van der Waals surface area (Å²) in [5, 5.41) is 10.8. The summed E-state index contributed by atoms with van der Waals surface area (Å²) in [6.07, 6.45) is 6.04. The monoisotopic (exact) mass is 557 g/mol. The number of carbonyl (C=O) groups is 1. The van der Waals surface area contributed by atoms with Crippen molar-refractivity contribution < 1.29 is 9.90 Å². The molecule has 38 heavy (non-hydrogen) atoms. The van der Waals surface area contributed by atoms with Gasteiger partial charge in [-0.25, -0.2) is 4.98 Å². The largest absolute Gasteiger partial charge is 0.481 e. The number of anilines is 2. The van der Waals surface area contributed by atoms with Gasteiger partial charge >= 0.3 is 5.97 Å². The number of benzene rings is 1. The van der Waals surface area contributed by atoms with Gasteiger partial charge in [0.25, 0.3) is 0 Å². The van der Waals surface area contributed by atoms with Gasteiger partial charge in [-0.1, -0.05) is 36.2 Å². The van der Waals surface area contributed by atoms with E-state index < -0.39 is 11.4 Å². The Kier molecular flexibility index (Phi) is 6.76. The van der Waals surface area contributed by atoms with Crippen molar-refractivity contribution in [1.82, 2.24) is 14.9 Å². The molecule has 1 aromatic heterocycles. The zero-order chi connectivity index (χ0) is 26.8. The first-order valence-electron chi connectivity index (χ1n) is 13.9. The van der Waals surface area contributed by atoms with E-state index >= 15 is 0 Å². The number of hydrogen-bond acceptors (Lipinski definition) is 6. The minimum absolute atomic E-state index is 0.0815. The lowest BCUT2D eigenvalue weighted by molar-refractivity contribution is -0.158. The fraction of sp³-hybridized carbons (Fsp3) is 0.621. The molecule has 2 saturated heterocycles. The van der Waals surface area contributed by atoms with Crippen LogP contribution in [0.5, 0.6) is 0 Å². The van der Waals surface area contributed by atoms with Crippen LogP contribution in [-0.4, -0.2) is 64.7 Å². The standard InChI is InChI=1S/C29H37Cl2N5O2/c1-17-13-36(18(2)23-7-6-21(30)9-25(23)31)26-24(17)12-32-28(33-26)35-15-20(16-35)19-5-4-8-34(14-19)22-10-29(3,11-22)27(37)38/h6-7,9,12,17-20,22H,4-5,8,10-11,13-16H2,1-3H3,(H,37,38)/t17?,18-,19+,22?,29?/m1/s1. The molecule has 3 aliphatic heterocycles. The zero-order valence-corrected chi connectivity index (χ0v) is 23.9. The molecule has 1 saturated carbocycles. The van der Waals surface area contributed by atoms with E-state index in [-0.39, 0.29) is 6.04 Å². The summed E-state index contributed by atoms with van der Waals surface area (Å²) in [4.78, 5) is 28.6. The molecule has 4 heterocycles. The van der Waals surface area contributed by atoms with Crippen molar-refractivity contribution in [3.8, 4) is 0 Å². The maximum Gasteiger partial charge on any atom is 0.309 e. The van der Waals surface area contributed by atoms with Crippen molar-refractivity contribution in [2.24, 2.45) is 17.3 Å². The molecule has 1 aromatic carbocycles. The SMILES string of the molecule is CC1CN([C@H](C)c2ccc(Cl)cc2Cl)c2nc(N3CC([C@H]4CCCN(C5CC(C)(C(=O)O)C5)C4)C3)ncc21. The number of aromatic nitrogens is 2. The molecular formula is C29H37Cl2N5O2. The molecule has 204 valence electrons. The second-order valence-electron chi connectivity index (χ2n) is 12.3. The Hall–Kier alpha value is -2.09. The van der Waals surface area contributed by atoms with E-state index in [1.165, 1.54) is 18.4 Å². The Morgan fingerprint density at radius 3 is 2.63 bits per heavy atom. The van der Waals surface area contributed by atoms with Gasteiger partial charge < -0.3 is 19.8 Å². The Balaban J connectivity index is 1.10. The highest BCUT2D eigenvalue weighted by Crippen LogP contribution is 2.46. The number of nitrogens with zero attached hydrogens (tertiary/aromatic N) is 5. The molecule has 4 aliphatic rings. The molecule has 3 atom stereocenters. The normalized spacial score (nSPS) is 30.5. The molecule has 0 radical (unpaired) electrons. The predicted molar refractivity (Wildman–Crippen MR) is 151 cm³/mol. The second-order valence-corrected chi connectivity index (χ2v) is 13.2. The third-order valence-electron chi connectivity index (χ3n) is 9.69. The summed E-state index contributed by atoms with van der Waals surface area (Å²) < 4.78 is 0. The van der Waals surface area contributed by atoms with E-state index in [1.54, 1.807) is 0 Å². The van der Waals surface area contributed by atoms with Crippen molar-refractivity contribution in [2.45, 2.75) is 64.5 Å². The van der Waals surface area contributed by atoms with Gasteiger partial charge in [0.2, 0.25) is 5.95 Å². The van der Waals surface area contributed by atoms with Crippen molar-refractivity contribution in [1.29, 1.82) is 0 Å². The quantitative estimate of drug-likeness (QED) is 0.476. The molecule has 0 bridgehead atoms. The average molecular weight is 559 g/mol. The second kappa shape index (κ2) is 9.83. The highest BCUT2D eigenvalue weighted by molar-refractivity contribution is 6.35. The number of halogens is 2. The summed E-state index contributed by atoms with van der Waals surface area (Å²) >= 11 is 12.7. The maximum atomic E-state index is 11.5. The Morgan fingerprint density at radius 2 is 1.92 bits per heavy atom. The van der Waals surface area contributed by atoms with Gasteiger partial charge in [0.15, 0.2) is 0 Å². The number of aliphatic carboxylic acids is 1. The van der Waals surface area contributed by atoms with Crippen LogP contribution in [0, 0.1) is 17.3 Å². The maximum absolute atomic E-state index is 11.5. The number of likely N-dealkylation sites (tertiary alicyclic amines) is 1. The van der Waals surface area contributed by atoms with Crippen LogP contribution in [0.15, 0.2) is 24.4 Å². The minimum Gasteiger partial charge on any atom is -0.481 e. The number of hydrogen-bond donors (Lipinski definition) is 1. The van der Waals surface area contributed by atoms with Crippen LogP contribution < -0.4 is 9.80 Å². The molecule has 1 N–H and O–H groups in total. The summed E-state index contributed by atoms with van der Waals surface area (Å²) in [6, 6.07) is 6.23. The summed E-state index contributed by atoms with van der Waals surface area (Å²) in [5.74, 6) is 2.85. The van der Waals surface area contributed by atoms with Gasteiger partial charge in [-0.05, 0) is 75.6 Å². The fourth-order valence-electron chi connectivity index (χ4n) is 7.08. The van der Waals surface area contributed by atoms with Crippen molar-refractivity contribution in [3.63, 3.8) is 0 Å². The number of piperidine rings is 1. The van der Waals surface area contributed by atoms with E-state index in [2.05, 4.69) is 28.5 Å². The number of fused-ring (bicyclic) bond motifs is 1. The van der Waals surface area contributed by atoms with Crippen LogP contribution in [0.25, 0.3) is 0 Å². The molecule has 6 rings (SSSR count). The van der Waals surface area contributed by atoms with Gasteiger partial charge in [-0.3, -0.25) is 4.79 Å². The number of carboxylic acids is 1. The van der Waals surface area contributed by atoms with Crippen LogP contribution in [0.1, 0.15) is 69.5 Å². The lowest BCUT2D eigenvalue weighted by Crippen LogP contribution is -2.58. The molecule has 1 aliphatic carbocycles. The van der Waals surface area contributed by atoms with E-state index in [4.69, 9.17) is 33.2 Å². The van der Waals surface area contributed by atoms with Crippen molar-refractivity contribution >= 4 is 40.9 Å². The van der Waals surface area contributed by atoms with Crippen LogP contribution in [0.2, 0.25) is 10.0 Å². The first-order chi connectivity index (χ1) is 18.1. The zero-order valence-electron chi connectivity index (χ0n) is 22.4. The summed E-state index contributed by atoms with van der Waals surface area (Å²) in [6.45, 7) is 11.4. The third-order valence-corrected chi connectivity index (χ3v) is 10.3. The van der Waals surface area contributed by atoms with E-state index in [9.17, 15) is 9.90 Å². The van der Waals surface area contributed by atoms with Crippen LogP contribution >= 0.6 is 23.2 Å². The first-order valence-corrected chi connectivity index (χ1v) is 14.7. The fourth-order valence-corrected chi connectivity index (χ4v) is 7.64. The Morgan fingerprint density at radius 1 is 1.16 bits per heavy atom. The molecule has 3 fully saturated rings. The van der Waals surface area contributed by atoms with Gasteiger partial charge in [0, 0.05) is 59.9 Å². The van der Waals surface area contributed by atoms with E-state index in [0.717, 1.165) is 62.9 Å². The number of carboxylic acid groups (broad SMARTS) is 1. The third kappa shape index (κ3) is 4.54. The molecular weight excluding hydrogens is 521 g/mol. The smallest absolute Gasteiger partial charge is 0.309 e. The highest BCUT2D eigenvalue weighted by atomic mass is 35.5. The van der Waals surface area contributed by atoms with Crippen LogP contribution in [0.3, 0.4) is 0 Å². The molecule has 9 heteroatoms. The van der Waals surface area contributed by atoms with Crippen molar-refractivity contribution in [2.75, 3.05) is 42.5 Å². The molecule has 0 amide bonds. The molecule has 7 nitrogen and oxygen atoms in total.